The van der Waals surface area contributed by atoms with Crippen molar-refractivity contribution in [1.82, 2.24) is 0 Å². The highest BCUT2D eigenvalue weighted by atomic mass is 32.2. The van der Waals surface area contributed by atoms with Crippen molar-refractivity contribution in [3.63, 3.8) is 0 Å². The summed E-state index contributed by atoms with van der Waals surface area (Å²) < 4.78 is 10.9. The van der Waals surface area contributed by atoms with Crippen molar-refractivity contribution >= 4 is 29.6 Å². The van der Waals surface area contributed by atoms with Crippen LogP contribution in [0.1, 0.15) is 32.0 Å². The molecule has 0 saturated carbocycles. The van der Waals surface area contributed by atoms with Crippen LogP contribution in [-0.4, -0.2) is 11.8 Å². The highest BCUT2D eigenvalue weighted by Crippen LogP contribution is 2.41. The summed E-state index contributed by atoms with van der Waals surface area (Å²) >= 11 is 1.46. The number of benzene rings is 2. The number of ether oxygens (including phenoxy) is 1. The smallest absolute Gasteiger partial charge is 0.338 e. The molecule has 2 aromatic carbocycles. The molecule has 0 bridgehead atoms. The monoisotopic (exact) mass is 360 g/mol. The summed E-state index contributed by atoms with van der Waals surface area (Å²) in [4.78, 5) is 25.6. The molecule has 3 aromatic rings. The van der Waals surface area contributed by atoms with Crippen LogP contribution in [0.15, 0.2) is 68.8 Å². The summed E-state index contributed by atoms with van der Waals surface area (Å²) in [5, 5.41) is 0. The number of allylic oxidation sites excluding steroid dienone is 1. The molecule has 5 rings (SSSR count). The molecule has 26 heavy (non-hydrogen) atoms. The van der Waals surface area contributed by atoms with Crippen LogP contribution in [0.5, 0.6) is 0 Å². The van der Waals surface area contributed by atoms with Crippen LogP contribution in [0.4, 0.5) is 0 Å². The number of carbonyl (C=O) groups excluding carboxylic acids is 2. The zero-order chi connectivity index (χ0) is 17.7. The molecule has 0 fully saturated rings. The van der Waals surface area contributed by atoms with Crippen molar-refractivity contribution < 1.29 is 18.7 Å². The molecular weight excluding hydrogens is 348 g/mol. The number of hydrogen-bond acceptors (Lipinski definition) is 5. The summed E-state index contributed by atoms with van der Waals surface area (Å²) in [7, 11) is 0. The van der Waals surface area contributed by atoms with Crippen LogP contribution in [0, 0.1) is 0 Å². The lowest BCUT2D eigenvalue weighted by Gasteiger charge is -1.99. The van der Waals surface area contributed by atoms with Gasteiger partial charge in [0.05, 0.1) is 10.5 Å². The molecule has 2 aliphatic heterocycles. The Morgan fingerprint density at radius 1 is 0.962 bits per heavy atom. The van der Waals surface area contributed by atoms with Gasteiger partial charge in [-0.25, -0.2) is 4.79 Å². The first-order chi connectivity index (χ1) is 12.7. The molecule has 0 N–H and O–H groups in total. The Hall–Kier alpha value is -3.05. The molecule has 0 unspecified atom stereocenters. The van der Waals surface area contributed by atoms with Crippen molar-refractivity contribution in [3.05, 3.63) is 82.0 Å². The number of esters is 1. The first-order valence-corrected chi connectivity index (χ1v) is 8.94. The molecule has 0 amide bonds. The van der Waals surface area contributed by atoms with Gasteiger partial charge in [0.1, 0.15) is 18.1 Å². The molecule has 126 valence electrons. The Balaban J connectivity index is 1.45. The van der Waals surface area contributed by atoms with Gasteiger partial charge in [-0.1, -0.05) is 30.0 Å². The number of cyclic esters (lactones) is 1. The molecule has 1 aromatic heterocycles. The number of ketones is 1. The predicted octanol–water partition coefficient (Wildman–Crippen LogP) is 4.95. The maximum absolute atomic E-state index is 12.5. The highest BCUT2D eigenvalue weighted by molar-refractivity contribution is 8.04. The van der Waals surface area contributed by atoms with Gasteiger partial charge < -0.3 is 9.15 Å². The van der Waals surface area contributed by atoms with E-state index in [2.05, 4.69) is 0 Å². The summed E-state index contributed by atoms with van der Waals surface area (Å²) in [6, 6.07) is 16.8. The molecule has 0 spiro atoms. The average Bonchev–Trinajstić information content (AvgIpc) is 3.35. The van der Waals surface area contributed by atoms with Crippen LogP contribution >= 0.6 is 11.8 Å². The third-order valence-electron chi connectivity index (χ3n) is 4.44. The van der Waals surface area contributed by atoms with E-state index in [-0.39, 0.29) is 11.8 Å². The molecule has 0 aliphatic carbocycles. The fourth-order valence-electron chi connectivity index (χ4n) is 3.14. The summed E-state index contributed by atoms with van der Waals surface area (Å²) in [5.74, 6) is 1.05. The molecule has 3 heterocycles. The van der Waals surface area contributed by atoms with E-state index in [0.717, 1.165) is 21.6 Å². The summed E-state index contributed by atoms with van der Waals surface area (Å²) in [6.07, 6.45) is 1.77. The summed E-state index contributed by atoms with van der Waals surface area (Å²) in [5.41, 5.74) is 3.08. The standard InChI is InChI=1S/C21H12O4S/c22-20-16-3-1-2-4-18(16)26-19(20)10-14-6-8-17(25-14)12-5-7-15-13(9-12)11-24-21(15)23/h1-10H,11H2. The van der Waals surface area contributed by atoms with Crippen molar-refractivity contribution in [2.75, 3.05) is 0 Å². The minimum atomic E-state index is -0.284. The molecular formula is C21H12O4S. The first kappa shape index (κ1) is 15.2. The minimum absolute atomic E-state index is 0.0248. The third kappa shape index (κ3) is 2.40. The van der Waals surface area contributed by atoms with Crippen LogP contribution in [0.3, 0.4) is 0 Å². The van der Waals surface area contributed by atoms with Crippen LogP contribution in [0.25, 0.3) is 17.4 Å². The van der Waals surface area contributed by atoms with E-state index in [9.17, 15) is 9.59 Å². The van der Waals surface area contributed by atoms with Crippen LogP contribution in [0.2, 0.25) is 0 Å². The predicted molar refractivity (Wildman–Crippen MR) is 97.9 cm³/mol. The quantitative estimate of drug-likeness (QED) is 0.478. The van der Waals surface area contributed by atoms with Crippen molar-refractivity contribution in [1.29, 1.82) is 0 Å². The van der Waals surface area contributed by atoms with Gasteiger partial charge in [0.2, 0.25) is 5.78 Å². The van der Waals surface area contributed by atoms with E-state index in [0.29, 0.717) is 28.6 Å². The van der Waals surface area contributed by atoms with Gasteiger partial charge in [-0.2, -0.15) is 0 Å². The second kappa shape index (κ2) is 5.75. The van der Waals surface area contributed by atoms with Crippen LogP contribution < -0.4 is 0 Å². The van der Waals surface area contributed by atoms with Gasteiger partial charge in [-0.3, -0.25) is 4.79 Å². The lowest BCUT2D eigenvalue weighted by molar-refractivity contribution is 0.0535. The van der Waals surface area contributed by atoms with E-state index >= 15 is 0 Å². The van der Waals surface area contributed by atoms with Crippen LogP contribution in [-0.2, 0) is 11.3 Å². The second-order valence-electron chi connectivity index (χ2n) is 6.09. The van der Waals surface area contributed by atoms with Gasteiger partial charge in [-0.15, -0.1) is 0 Å². The highest BCUT2D eigenvalue weighted by Gasteiger charge is 2.26. The molecule has 4 nitrogen and oxygen atoms in total. The lowest BCUT2D eigenvalue weighted by Crippen LogP contribution is -1.93. The zero-order valence-electron chi connectivity index (χ0n) is 13.5. The van der Waals surface area contributed by atoms with Crippen molar-refractivity contribution in [2.24, 2.45) is 0 Å². The Morgan fingerprint density at radius 2 is 1.85 bits per heavy atom. The molecule has 5 heteroatoms. The molecule has 2 aliphatic rings. The van der Waals surface area contributed by atoms with E-state index in [4.69, 9.17) is 9.15 Å². The maximum atomic E-state index is 12.5. The summed E-state index contributed by atoms with van der Waals surface area (Å²) in [6.45, 7) is 0.295. The maximum Gasteiger partial charge on any atom is 0.338 e. The molecule has 0 atom stereocenters. The van der Waals surface area contributed by atoms with Crippen molar-refractivity contribution in [2.45, 2.75) is 11.5 Å². The van der Waals surface area contributed by atoms with Gasteiger partial charge in [-0.05, 0) is 42.5 Å². The first-order valence-electron chi connectivity index (χ1n) is 8.12. The van der Waals surface area contributed by atoms with E-state index < -0.39 is 0 Å². The van der Waals surface area contributed by atoms with Gasteiger partial charge >= 0.3 is 5.97 Å². The fraction of sp³-hybridized carbons (Fsp3) is 0.0476. The second-order valence-corrected chi connectivity index (χ2v) is 7.17. The zero-order valence-corrected chi connectivity index (χ0v) is 14.3. The number of thioether (sulfide) groups is 1. The molecule has 0 saturated heterocycles. The number of carbonyl (C=O) groups is 2. The lowest BCUT2D eigenvalue weighted by atomic mass is 10.0. The Morgan fingerprint density at radius 3 is 2.73 bits per heavy atom. The van der Waals surface area contributed by atoms with Gasteiger partial charge in [0.25, 0.3) is 0 Å². The number of hydrogen-bond donors (Lipinski definition) is 0. The van der Waals surface area contributed by atoms with Gasteiger partial charge in [0, 0.05) is 21.6 Å². The Labute approximate surface area is 153 Å². The average molecular weight is 360 g/mol. The number of fused-ring (bicyclic) bond motifs is 2. The SMILES string of the molecule is O=C1OCc2cc(-c3ccc(C=C4Sc5ccccc5C4=O)o3)ccc21. The van der Waals surface area contributed by atoms with Gasteiger partial charge in [0.15, 0.2) is 0 Å². The minimum Gasteiger partial charge on any atom is -0.457 e. The van der Waals surface area contributed by atoms with E-state index in [1.165, 1.54) is 11.8 Å². The number of Topliss-reactive ketones (excluding diaryl/α,β-unsaturated/α-hetero) is 1. The Bertz CT molecular complexity index is 1110. The normalized spacial score (nSPS) is 16.7. The largest absolute Gasteiger partial charge is 0.457 e. The number of furan rings is 1. The van der Waals surface area contributed by atoms with Crippen molar-refractivity contribution in [3.8, 4) is 11.3 Å². The molecule has 0 radical (unpaired) electrons. The fourth-order valence-corrected chi connectivity index (χ4v) is 4.17. The third-order valence-corrected chi connectivity index (χ3v) is 5.54. The Kier molecular flexibility index (Phi) is 3.36. The van der Waals surface area contributed by atoms with E-state index in [1.54, 1.807) is 12.1 Å². The van der Waals surface area contributed by atoms with E-state index in [1.807, 2.05) is 48.5 Å². The topological polar surface area (TPSA) is 56.5 Å². The number of rotatable bonds is 2.